The lowest BCUT2D eigenvalue weighted by molar-refractivity contribution is -0.115. The van der Waals surface area contributed by atoms with E-state index in [1.807, 2.05) is 10.7 Å². The summed E-state index contributed by atoms with van der Waals surface area (Å²) >= 11 is 0. The summed E-state index contributed by atoms with van der Waals surface area (Å²) in [4.78, 5) is 11.3. The van der Waals surface area contributed by atoms with Crippen LogP contribution in [0.25, 0.3) is 0 Å². The zero-order valence-electron chi connectivity index (χ0n) is 9.69. The number of hydrogen-bond acceptors (Lipinski definition) is 3. The second-order valence-electron chi connectivity index (χ2n) is 3.37. The highest BCUT2D eigenvalue weighted by atomic mass is 35.5. The van der Waals surface area contributed by atoms with Crippen LogP contribution in [0.2, 0.25) is 0 Å². The maximum atomic E-state index is 11.3. The first-order valence-corrected chi connectivity index (χ1v) is 5.24. The van der Waals surface area contributed by atoms with Crippen LogP contribution in [0, 0.1) is 0 Å². The molecule has 1 heterocycles. The highest BCUT2D eigenvalue weighted by Gasteiger charge is 2.05. The summed E-state index contributed by atoms with van der Waals surface area (Å²) < 4.78 is 1.82. The molecule has 2 N–H and O–H groups in total. The molecule has 5 nitrogen and oxygen atoms in total. The smallest absolute Gasteiger partial charge is 0.239 e. The van der Waals surface area contributed by atoms with E-state index in [0.717, 1.165) is 25.2 Å². The van der Waals surface area contributed by atoms with Gasteiger partial charge in [0.1, 0.15) is 5.82 Å². The fourth-order valence-electron chi connectivity index (χ4n) is 1.27. The lowest BCUT2D eigenvalue weighted by Crippen LogP contribution is -2.26. The lowest BCUT2D eigenvalue weighted by Gasteiger charge is -2.07. The summed E-state index contributed by atoms with van der Waals surface area (Å²) in [6.45, 7) is 3.29. The fourth-order valence-corrected chi connectivity index (χ4v) is 1.27. The van der Waals surface area contributed by atoms with Gasteiger partial charge < -0.3 is 10.6 Å². The molecule has 0 radical (unpaired) electrons. The first-order chi connectivity index (χ1) is 7.27. The first kappa shape index (κ1) is 14.9. The van der Waals surface area contributed by atoms with Crippen LogP contribution in [0.15, 0.2) is 12.3 Å². The van der Waals surface area contributed by atoms with Crippen molar-refractivity contribution < 1.29 is 4.79 Å². The molecule has 1 aromatic rings. The Morgan fingerprint density at radius 2 is 2.31 bits per heavy atom. The number of anilines is 1. The summed E-state index contributed by atoms with van der Waals surface area (Å²) in [6.07, 6.45) is 3.88. The molecule has 0 aliphatic rings. The SMILES string of the molecule is CCCCn1nccc1NC(=O)CNC.Cl. The van der Waals surface area contributed by atoms with E-state index < -0.39 is 0 Å². The molecule has 6 heteroatoms. The van der Waals surface area contributed by atoms with Crippen LogP contribution in [-0.4, -0.2) is 29.3 Å². The lowest BCUT2D eigenvalue weighted by atomic mass is 10.3. The average molecular weight is 247 g/mol. The topological polar surface area (TPSA) is 59.0 Å². The van der Waals surface area contributed by atoms with Gasteiger partial charge in [-0.15, -0.1) is 12.4 Å². The number of carbonyl (C=O) groups excluding carboxylic acids is 1. The van der Waals surface area contributed by atoms with Gasteiger partial charge in [0.05, 0.1) is 12.7 Å². The molecule has 0 bridgehead atoms. The molecule has 0 spiro atoms. The molecule has 0 aliphatic carbocycles. The Bertz CT molecular complexity index is 314. The Morgan fingerprint density at radius 1 is 1.56 bits per heavy atom. The molecular formula is C10H19ClN4O. The third kappa shape index (κ3) is 4.63. The van der Waals surface area contributed by atoms with Crippen LogP contribution in [-0.2, 0) is 11.3 Å². The van der Waals surface area contributed by atoms with Crippen LogP contribution in [0.4, 0.5) is 5.82 Å². The quantitative estimate of drug-likeness (QED) is 0.795. The molecule has 0 unspecified atom stereocenters. The predicted molar refractivity (Wildman–Crippen MR) is 66.9 cm³/mol. The number of halogens is 1. The van der Waals surface area contributed by atoms with E-state index >= 15 is 0 Å². The van der Waals surface area contributed by atoms with Gasteiger partial charge in [-0.2, -0.15) is 5.10 Å². The number of aromatic nitrogens is 2. The number of likely N-dealkylation sites (N-methyl/N-ethyl adjacent to an activating group) is 1. The molecule has 0 saturated heterocycles. The minimum atomic E-state index is -0.0456. The predicted octanol–water partition coefficient (Wildman–Crippen LogP) is 1.26. The van der Waals surface area contributed by atoms with Crippen molar-refractivity contribution in [2.75, 3.05) is 18.9 Å². The van der Waals surface area contributed by atoms with E-state index in [9.17, 15) is 4.79 Å². The Hall–Kier alpha value is -1.07. The molecule has 0 aliphatic heterocycles. The van der Waals surface area contributed by atoms with Crippen molar-refractivity contribution in [1.29, 1.82) is 0 Å². The zero-order chi connectivity index (χ0) is 11.1. The van der Waals surface area contributed by atoms with E-state index in [-0.39, 0.29) is 18.3 Å². The second-order valence-corrected chi connectivity index (χ2v) is 3.37. The van der Waals surface area contributed by atoms with Crippen molar-refractivity contribution in [3.05, 3.63) is 12.3 Å². The van der Waals surface area contributed by atoms with Gasteiger partial charge in [-0.1, -0.05) is 13.3 Å². The highest BCUT2D eigenvalue weighted by molar-refractivity contribution is 5.91. The maximum Gasteiger partial charge on any atom is 0.239 e. The average Bonchev–Trinajstić information content (AvgIpc) is 2.63. The molecule has 0 aromatic carbocycles. The van der Waals surface area contributed by atoms with Crippen LogP contribution in [0.5, 0.6) is 0 Å². The summed E-state index contributed by atoms with van der Waals surface area (Å²) in [6, 6.07) is 1.81. The molecule has 0 fully saturated rings. The van der Waals surface area contributed by atoms with Crippen molar-refractivity contribution in [3.63, 3.8) is 0 Å². The highest BCUT2D eigenvalue weighted by Crippen LogP contribution is 2.07. The molecule has 1 aromatic heterocycles. The normalized spacial score (nSPS) is 9.62. The van der Waals surface area contributed by atoms with E-state index in [1.54, 1.807) is 13.2 Å². The van der Waals surface area contributed by atoms with Crippen molar-refractivity contribution in [2.24, 2.45) is 0 Å². The minimum Gasteiger partial charge on any atom is -0.311 e. The summed E-state index contributed by atoms with van der Waals surface area (Å²) in [7, 11) is 1.74. The van der Waals surface area contributed by atoms with Gasteiger partial charge >= 0.3 is 0 Å². The molecule has 0 atom stereocenters. The molecule has 1 amide bonds. The van der Waals surface area contributed by atoms with Gasteiger partial charge in [0.25, 0.3) is 0 Å². The summed E-state index contributed by atoms with van der Waals surface area (Å²) in [5.41, 5.74) is 0. The van der Waals surface area contributed by atoms with Crippen LogP contribution in [0.1, 0.15) is 19.8 Å². The van der Waals surface area contributed by atoms with Crippen LogP contribution < -0.4 is 10.6 Å². The van der Waals surface area contributed by atoms with Gasteiger partial charge in [0.2, 0.25) is 5.91 Å². The number of rotatable bonds is 6. The largest absolute Gasteiger partial charge is 0.311 e. The van der Waals surface area contributed by atoms with Crippen LogP contribution in [0.3, 0.4) is 0 Å². The minimum absolute atomic E-state index is 0. The number of nitrogens with one attached hydrogen (secondary N) is 2. The molecule has 16 heavy (non-hydrogen) atoms. The van der Waals surface area contributed by atoms with E-state index in [2.05, 4.69) is 22.7 Å². The Balaban J connectivity index is 0.00000225. The van der Waals surface area contributed by atoms with Crippen molar-refractivity contribution in [1.82, 2.24) is 15.1 Å². The molecule has 1 rings (SSSR count). The number of nitrogens with zero attached hydrogens (tertiary/aromatic N) is 2. The van der Waals surface area contributed by atoms with Crippen molar-refractivity contribution >= 4 is 24.1 Å². The van der Waals surface area contributed by atoms with Crippen molar-refractivity contribution in [3.8, 4) is 0 Å². The molecule has 0 saturated carbocycles. The van der Waals surface area contributed by atoms with E-state index in [1.165, 1.54) is 0 Å². The van der Waals surface area contributed by atoms with Gasteiger partial charge in [0.15, 0.2) is 0 Å². The van der Waals surface area contributed by atoms with Crippen LogP contribution >= 0.6 is 12.4 Å². The fraction of sp³-hybridized carbons (Fsp3) is 0.600. The monoisotopic (exact) mass is 246 g/mol. The van der Waals surface area contributed by atoms with E-state index in [0.29, 0.717) is 6.54 Å². The first-order valence-electron chi connectivity index (χ1n) is 5.24. The number of amides is 1. The summed E-state index contributed by atoms with van der Waals surface area (Å²) in [5, 5.41) is 9.75. The van der Waals surface area contributed by atoms with Gasteiger partial charge in [-0.25, -0.2) is 4.68 Å². The Kier molecular flexibility index (Phi) is 7.58. The third-order valence-corrected chi connectivity index (χ3v) is 2.04. The van der Waals surface area contributed by atoms with E-state index in [4.69, 9.17) is 0 Å². The Morgan fingerprint density at radius 3 is 2.94 bits per heavy atom. The standard InChI is InChI=1S/C10H18N4O.ClH/c1-3-4-7-14-9(5-6-12-14)13-10(15)8-11-2;/h5-6,11H,3-4,7-8H2,1-2H3,(H,13,15);1H. The summed E-state index contributed by atoms with van der Waals surface area (Å²) in [5.74, 6) is 0.722. The maximum absolute atomic E-state index is 11.3. The van der Waals surface area contributed by atoms with Gasteiger partial charge in [-0.3, -0.25) is 4.79 Å². The zero-order valence-corrected chi connectivity index (χ0v) is 10.5. The second kappa shape index (κ2) is 8.13. The number of hydrogen-bond donors (Lipinski definition) is 2. The number of carbonyl (C=O) groups is 1. The van der Waals surface area contributed by atoms with Gasteiger partial charge in [0, 0.05) is 12.6 Å². The number of aryl methyl sites for hydroxylation is 1. The Labute approximate surface area is 102 Å². The molecular weight excluding hydrogens is 228 g/mol. The number of unbranched alkanes of at least 4 members (excludes halogenated alkanes) is 1. The molecule has 92 valence electrons. The van der Waals surface area contributed by atoms with Crippen molar-refractivity contribution in [2.45, 2.75) is 26.3 Å². The van der Waals surface area contributed by atoms with Gasteiger partial charge in [-0.05, 0) is 13.5 Å². The third-order valence-electron chi connectivity index (χ3n) is 2.04.